The van der Waals surface area contributed by atoms with Gasteiger partial charge in [0.1, 0.15) is 11.8 Å². The van der Waals surface area contributed by atoms with Crippen LogP contribution in [0.3, 0.4) is 0 Å². The largest absolute Gasteiger partial charge is 0.495 e. The lowest BCUT2D eigenvalue weighted by atomic mass is 10.2. The first kappa shape index (κ1) is 9.40. The van der Waals surface area contributed by atoms with Crippen molar-refractivity contribution in [2.45, 2.75) is 6.92 Å². The number of para-hydroxylation sites is 1. The predicted molar refractivity (Wildman–Crippen MR) is 51.9 cm³/mol. The minimum Gasteiger partial charge on any atom is -0.495 e. The molecule has 3 nitrogen and oxygen atoms in total. The van der Waals surface area contributed by atoms with Gasteiger partial charge in [0.05, 0.1) is 18.4 Å². The van der Waals surface area contributed by atoms with Gasteiger partial charge in [-0.25, -0.2) is 0 Å². The molecule has 0 radical (unpaired) electrons. The average molecular weight is 176 g/mol. The molecule has 0 spiro atoms. The Morgan fingerprint density at radius 1 is 1.54 bits per heavy atom. The van der Waals surface area contributed by atoms with Crippen molar-refractivity contribution < 1.29 is 4.74 Å². The van der Waals surface area contributed by atoms with E-state index in [0.29, 0.717) is 11.3 Å². The van der Waals surface area contributed by atoms with Gasteiger partial charge in [-0.15, -0.1) is 0 Å². The molecule has 1 rings (SSSR count). The molecular formula is C10H12N2O. The van der Waals surface area contributed by atoms with E-state index in [2.05, 4.69) is 11.4 Å². The maximum absolute atomic E-state index is 8.82. The fraction of sp³-hybridized carbons (Fsp3) is 0.300. The van der Waals surface area contributed by atoms with E-state index in [0.717, 1.165) is 12.2 Å². The third kappa shape index (κ3) is 1.91. The van der Waals surface area contributed by atoms with Crippen LogP contribution in [-0.2, 0) is 0 Å². The van der Waals surface area contributed by atoms with Crippen LogP contribution in [0.1, 0.15) is 12.5 Å². The summed E-state index contributed by atoms with van der Waals surface area (Å²) in [4.78, 5) is 0. The standard InChI is InChI=1S/C10H12N2O/c1-3-12-10-8(7-11)5-4-6-9(10)13-2/h4-6,12H,3H2,1-2H3. The molecule has 0 saturated heterocycles. The van der Waals surface area contributed by atoms with Gasteiger partial charge in [-0.1, -0.05) is 6.07 Å². The highest BCUT2D eigenvalue weighted by Gasteiger charge is 2.06. The highest BCUT2D eigenvalue weighted by Crippen LogP contribution is 2.27. The average Bonchev–Trinajstić information content (AvgIpc) is 2.18. The van der Waals surface area contributed by atoms with Crippen LogP contribution in [0.2, 0.25) is 0 Å². The molecule has 13 heavy (non-hydrogen) atoms. The van der Waals surface area contributed by atoms with Crippen molar-refractivity contribution in [3.8, 4) is 11.8 Å². The molecule has 68 valence electrons. The van der Waals surface area contributed by atoms with Gasteiger partial charge in [-0.2, -0.15) is 5.26 Å². The quantitative estimate of drug-likeness (QED) is 0.766. The second kappa shape index (κ2) is 4.36. The minimum atomic E-state index is 0.612. The molecule has 1 aromatic rings. The number of benzene rings is 1. The van der Waals surface area contributed by atoms with Crippen molar-refractivity contribution in [1.82, 2.24) is 0 Å². The van der Waals surface area contributed by atoms with Crippen LogP contribution in [0.25, 0.3) is 0 Å². The Morgan fingerprint density at radius 2 is 2.31 bits per heavy atom. The normalized spacial score (nSPS) is 9.00. The van der Waals surface area contributed by atoms with Gasteiger partial charge in [0, 0.05) is 6.54 Å². The summed E-state index contributed by atoms with van der Waals surface area (Å²) in [5, 5.41) is 11.9. The van der Waals surface area contributed by atoms with Crippen LogP contribution >= 0.6 is 0 Å². The van der Waals surface area contributed by atoms with Crippen LogP contribution in [-0.4, -0.2) is 13.7 Å². The van der Waals surface area contributed by atoms with Crippen molar-refractivity contribution in [2.75, 3.05) is 19.0 Å². The molecule has 1 N–H and O–H groups in total. The number of ether oxygens (including phenoxy) is 1. The van der Waals surface area contributed by atoms with E-state index in [1.54, 1.807) is 19.2 Å². The Hall–Kier alpha value is -1.69. The molecule has 1 aromatic carbocycles. The molecule has 3 heteroatoms. The summed E-state index contributed by atoms with van der Waals surface area (Å²) >= 11 is 0. The zero-order valence-corrected chi connectivity index (χ0v) is 7.79. The van der Waals surface area contributed by atoms with Gasteiger partial charge in [0.2, 0.25) is 0 Å². The number of nitrogens with zero attached hydrogens (tertiary/aromatic N) is 1. The second-order valence-electron chi connectivity index (χ2n) is 2.52. The van der Waals surface area contributed by atoms with Gasteiger partial charge in [0.25, 0.3) is 0 Å². The highest BCUT2D eigenvalue weighted by atomic mass is 16.5. The molecule has 0 saturated carbocycles. The van der Waals surface area contributed by atoms with Crippen LogP contribution in [0.4, 0.5) is 5.69 Å². The zero-order valence-electron chi connectivity index (χ0n) is 7.79. The van der Waals surface area contributed by atoms with Gasteiger partial charge in [-0.3, -0.25) is 0 Å². The van der Waals surface area contributed by atoms with Crippen molar-refractivity contribution in [3.63, 3.8) is 0 Å². The Labute approximate surface area is 77.9 Å². The lowest BCUT2D eigenvalue weighted by molar-refractivity contribution is 0.416. The summed E-state index contributed by atoms with van der Waals surface area (Å²) in [6.45, 7) is 2.75. The first-order valence-electron chi connectivity index (χ1n) is 4.14. The Morgan fingerprint density at radius 3 is 2.85 bits per heavy atom. The van der Waals surface area contributed by atoms with Crippen LogP contribution in [0, 0.1) is 11.3 Å². The van der Waals surface area contributed by atoms with Gasteiger partial charge >= 0.3 is 0 Å². The molecule has 0 atom stereocenters. The Bertz CT molecular complexity index is 328. The SMILES string of the molecule is CCNc1c(C#N)cccc1OC. The molecule has 0 amide bonds. The maximum Gasteiger partial charge on any atom is 0.143 e. The molecule has 0 aliphatic carbocycles. The van der Waals surface area contributed by atoms with Gasteiger partial charge in [0.15, 0.2) is 0 Å². The zero-order chi connectivity index (χ0) is 9.68. The fourth-order valence-corrected chi connectivity index (χ4v) is 1.15. The number of anilines is 1. The van der Waals surface area contributed by atoms with E-state index in [1.807, 2.05) is 13.0 Å². The molecule has 0 aliphatic rings. The summed E-state index contributed by atoms with van der Waals surface area (Å²) < 4.78 is 5.13. The van der Waals surface area contributed by atoms with Crippen LogP contribution < -0.4 is 10.1 Å². The van der Waals surface area contributed by atoms with E-state index in [-0.39, 0.29) is 0 Å². The first-order chi connectivity index (χ1) is 6.33. The molecule has 0 heterocycles. The molecule has 0 aliphatic heterocycles. The Balaban J connectivity index is 3.15. The van der Waals surface area contributed by atoms with E-state index < -0.39 is 0 Å². The van der Waals surface area contributed by atoms with Crippen molar-refractivity contribution in [3.05, 3.63) is 23.8 Å². The van der Waals surface area contributed by atoms with Crippen molar-refractivity contribution in [2.24, 2.45) is 0 Å². The van der Waals surface area contributed by atoms with E-state index in [9.17, 15) is 0 Å². The highest BCUT2D eigenvalue weighted by molar-refractivity contribution is 5.66. The molecular weight excluding hydrogens is 164 g/mol. The minimum absolute atomic E-state index is 0.612. The molecule has 0 fully saturated rings. The summed E-state index contributed by atoms with van der Waals surface area (Å²) in [7, 11) is 1.59. The fourth-order valence-electron chi connectivity index (χ4n) is 1.15. The number of hydrogen-bond acceptors (Lipinski definition) is 3. The van der Waals surface area contributed by atoms with E-state index in [1.165, 1.54) is 0 Å². The summed E-state index contributed by atoms with van der Waals surface area (Å²) in [6, 6.07) is 7.51. The van der Waals surface area contributed by atoms with E-state index in [4.69, 9.17) is 10.00 Å². The number of nitriles is 1. The molecule has 0 bridgehead atoms. The van der Waals surface area contributed by atoms with Gasteiger partial charge < -0.3 is 10.1 Å². The second-order valence-corrected chi connectivity index (χ2v) is 2.52. The Kier molecular flexibility index (Phi) is 3.15. The maximum atomic E-state index is 8.82. The number of hydrogen-bond donors (Lipinski definition) is 1. The topological polar surface area (TPSA) is 45.0 Å². The third-order valence-corrected chi connectivity index (χ3v) is 1.72. The lowest BCUT2D eigenvalue weighted by Gasteiger charge is -2.10. The van der Waals surface area contributed by atoms with Gasteiger partial charge in [-0.05, 0) is 19.1 Å². The molecule has 0 aromatic heterocycles. The van der Waals surface area contributed by atoms with Crippen LogP contribution in [0.5, 0.6) is 5.75 Å². The monoisotopic (exact) mass is 176 g/mol. The first-order valence-corrected chi connectivity index (χ1v) is 4.14. The molecule has 0 unspecified atom stereocenters. The summed E-state index contributed by atoms with van der Waals surface area (Å²) in [5.74, 6) is 0.709. The third-order valence-electron chi connectivity index (χ3n) is 1.72. The summed E-state index contributed by atoms with van der Waals surface area (Å²) in [6.07, 6.45) is 0. The number of rotatable bonds is 3. The van der Waals surface area contributed by atoms with E-state index >= 15 is 0 Å². The van der Waals surface area contributed by atoms with Crippen molar-refractivity contribution >= 4 is 5.69 Å². The predicted octanol–water partition coefficient (Wildman–Crippen LogP) is 2.00. The van der Waals surface area contributed by atoms with Crippen molar-refractivity contribution in [1.29, 1.82) is 5.26 Å². The number of nitrogens with one attached hydrogen (secondary N) is 1. The van der Waals surface area contributed by atoms with Crippen LogP contribution in [0.15, 0.2) is 18.2 Å². The smallest absolute Gasteiger partial charge is 0.143 e. The summed E-state index contributed by atoms with van der Waals surface area (Å²) in [5.41, 5.74) is 1.39. The lowest BCUT2D eigenvalue weighted by Crippen LogP contribution is -2.01. The number of methoxy groups -OCH3 is 1.